The number of nitrogens with two attached hydrogens (primary N) is 1. The van der Waals surface area contributed by atoms with Gasteiger partial charge in [-0.15, -0.1) is 0 Å². The molecule has 1 atom stereocenters. The lowest BCUT2D eigenvalue weighted by atomic mass is 9.98. The van der Waals surface area contributed by atoms with Crippen LogP contribution in [0, 0.1) is 0 Å². The van der Waals surface area contributed by atoms with Gasteiger partial charge in [-0.25, -0.2) is 10.1 Å². The molecule has 3 N–H and O–H groups in total. The summed E-state index contributed by atoms with van der Waals surface area (Å²) in [6.45, 7) is 0. The van der Waals surface area contributed by atoms with Crippen LogP contribution in [0.1, 0.15) is 10.4 Å². The molecular formula is C11H10N3O2. The van der Waals surface area contributed by atoms with Gasteiger partial charge < -0.3 is 5.32 Å². The van der Waals surface area contributed by atoms with Crippen molar-refractivity contribution in [2.45, 2.75) is 5.66 Å². The summed E-state index contributed by atoms with van der Waals surface area (Å²) in [6.07, 6.45) is 2.60. The van der Waals surface area contributed by atoms with Crippen LogP contribution >= 0.6 is 0 Å². The molecule has 0 spiro atoms. The smallest absolute Gasteiger partial charge is 0.308 e. The van der Waals surface area contributed by atoms with E-state index in [1.54, 1.807) is 30.3 Å². The number of benzene rings is 1. The number of rotatable bonds is 2. The van der Waals surface area contributed by atoms with Gasteiger partial charge in [-0.2, -0.15) is 0 Å². The van der Waals surface area contributed by atoms with E-state index in [0.29, 0.717) is 5.56 Å². The molecule has 1 radical (unpaired) electrons. The SMILES string of the molecule is NC1(C(=O)c2ccccc2)C=C[N]C(=O)N1. The first-order valence-electron chi connectivity index (χ1n) is 4.71. The Labute approximate surface area is 92.3 Å². The number of nitrogens with zero attached hydrogens (tertiary/aromatic N) is 1. The number of amides is 2. The highest BCUT2D eigenvalue weighted by Gasteiger charge is 2.36. The summed E-state index contributed by atoms with van der Waals surface area (Å²) in [5, 5.41) is 5.77. The largest absolute Gasteiger partial charge is 0.342 e. The Bertz CT molecular complexity index is 456. The van der Waals surface area contributed by atoms with Crippen LogP contribution in [0.25, 0.3) is 0 Å². The summed E-state index contributed by atoms with van der Waals surface area (Å²) in [7, 11) is 0. The minimum atomic E-state index is -1.50. The zero-order valence-corrected chi connectivity index (χ0v) is 8.38. The molecular weight excluding hydrogens is 206 g/mol. The van der Waals surface area contributed by atoms with Crippen LogP contribution in [0.15, 0.2) is 42.6 Å². The second-order valence-electron chi connectivity index (χ2n) is 3.44. The third-order valence-corrected chi connectivity index (χ3v) is 2.25. The van der Waals surface area contributed by atoms with E-state index in [-0.39, 0.29) is 5.78 Å². The Kier molecular flexibility index (Phi) is 2.46. The number of Topliss-reactive ketones (excluding diaryl/α,β-unsaturated/α-hetero) is 1. The molecule has 16 heavy (non-hydrogen) atoms. The van der Waals surface area contributed by atoms with E-state index < -0.39 is 11.7 Å². The number of nitrogens with one attached hydrogen (secondary N) is 1. The highest BCUT2D eigenvalue weighted by Crippen LogP contribution is 2.12. The van der Waals surface area contributed by atoms with E-state index in [2.05, 4.69) is 10.6 Å². The Morgan fingerprint density at radius 2 is 2.00 bits per heavy atom. The zero-order chi connectivity index (χ0) is 11.6. The van der Waals surface area contributed by atoms with Gasteiger partial charge in [-0.05, 0) is 6.08 Å². The second kappa shape index (κ2) is 3.79. The first kappa shape index (κ1) is 10.4. The molecule has 1 unspecified atom stereocenters. The van der Waals surface area contributed by atoms with Crippen molar-refractivity contribution in [3.8, 4) is 0 Å². The fourth-order valence-electron chi connectivity index (χ4n) is 1.43. The summed E-state index contributed by atoms with van der Waals surface area (Å²) < 4.78 is 0. The first-order valence-corrected chi connectivity index (χ1v) is 4.71. The van der Waals surface area contributed by atoms with Crippen LogP contribution in [0.4, 0.5) is 4.79 Å². The van der Waals surface area contributed by atoms with Crippen molar-refractivity contribution in [1.29, 1.82) is 0 Å². The quantitative estimate of drug-likeness (QED) is 0.700. The van der Waals surface area contributed by atoms with E-state index in [1.807, 2.05) is 0 Å². The summed E-state index contributed by atoms with van der Waals surface area (Å²) in [5.74, 6) is -0.368. The van der Waals surface area contributed by atoms with E-state index in [0.717, 1.165) is 0 Å². The van der Waals surface area contributed by atoms with Crippen molar-refractivity contribution in [3.05, 3.63) is 48.2 Å². The number of carbonyl (C=O) groups is 2. The Morgan fingerprint density at radius 3 is 2.62 bits per heavy atom. The molecule has 1 aromatic rings. The van der Waals surface area contributed by atoms with Gasteiger partial charge in [0.05, 0.1) is 0 Å². The lowest BCUT2D eigenvalue weighted by Gasteiger charge is -2.27. The maximum Gasteiger partial charge on any atom is 0.342 e. The highest BCUT2D eigenvalue weighted by atomic mass is 16.2. The van der Waals surface area contributed by atoms with Crippen molar-refractivity contribution >= 4 is 11.8 Å². The van der Waals surface area contributed by atoms with E-state index in [9.17, 15) is 9.59 Å². The molecule has 0 aliphatic carbocycles. The Hall–Kier alpha value is -2.14. The third kappa shape index (κ3) is 1.80. The van der Waals surface area contributed by atoms with Gasteiger partial charge >= 0.3 is 6.03 Å². The minimum absolute atomic E-state index is 0.368. The topological polar surface area (TPSA) is 86.3 Å². The van der Waals surface area contributed by atoms with Gasteiger partial charge in [-0.1, -0.05) is 30.3 Å². The number of hydrogen-bond acceptors (Lipinski definition) is 3. The van der Waals surface area contributed by atoms with Crippen LogP contribution in [-0.4, -0.2) is 17.5 Å². The van der Waals surface area contributed by atoms with Crippen molar-refractivity contribution in [2.75, 3.05) is 0 Å². The minimum Gasteiger partial charge on any atom is -0.308 e. The van der Waals surface area contributed by atoms with Crippen LogP contribution < -0.4 is 16.4 Å². The third-order valence-electron chi connectivity index (χ3n) is 2.25. The molecule has 2 rings (SSSR count). The summed E-state index contributed by atoms with van der Waals surface area (Å²) in [4.78, 5) is 23.1. The van der Waals surface area contributed by atoms with Gasteiger partial charge in [0.15, 0.2) is 5.66 Å². The lowest BCUT2D eigenvalue weighted by molar-refractivity contribution is 0.0897. The van der Waals surface area contributed by atoms with E-state index >= 15 is 0 Å². The van der Waals surface area contributed by atoms with Crippen LogP contribution in [0.3, 0.4) is 0 Å². The lowest BCUT2D eigenvalue weighted by Crippen LogP contribution is -2.62. The summed E-state index contributed by atoms with van der Waals surface area (Å²) >= 11 is 0. The average Bonchev–Trinajstić information content (AvgIpc) is 2.29. The number of hydrogen-bond donors (Lipinski definition) is 2. The monoisotopic (exact) mass is 216 g/mol. The van der Waals surface area contributed by atoms with E-state index in [4.69, 9.17) is 5.73 Å². The van der Waals surface area contributed by atoms with Gasteiger partial charge in [0.2, 0.25) is 5.78 Å². The highest BCUT2D eigenvalue weighted by molar-refractivity contribution is 6.06. The second-order valence-corrected chi connectivity index (χ2v) is 3.44. The Balaban J connectivity index is 2.31. The predicted molar refractivity (Wildman–Crippen MR) is 57.5 cm³/mol. The molecule has 1 aliphatic heterocycles. The van der Waals surface area contributed by atoms with Crippen molar-refractivity contribution in [2.24, 2.45) is 5.73 Å². The normalized spacial score (nSPS) is 23.4. The van der Waals surface area contributed by atoms with Gasteiger partial charge in [0, 0.05) is 11.8 Å². The molecule has 0 aromatic heterocycles. The number of ketones is 1. The summed E-state index contributed by atoms with van der Waals surface area (Å²) in [5.41, 5.74) is 4.74. The average molecular weight is 216 g/mol. The number of urea groups is 1. The van der Waals surface area contributed by atoms with Crippen molar-refractivity contribution < 1.29 is 9.59 Å². The molecule has 1 aromatic carbocycles. The molecule has 2 amide bonds. The molecule has 0 saturated carbocycles. The molecule has 1 heterocycles. The van der Waals surface area contributed by atoms with Gasteiger partial charge in [0.1, 0.15) is 0 Å². The molecule has 0 bridgehead atoms. The van der Waals surface area contributed by atoms with Gasteiger partial charge in [0.25, 0.3) is 0 Å². The maximum atomic E-state index is 12.0. The van der Waals surface area contributed by atoms with E-state index in [1.165, 1.54) is 12.3 Å². The fourth-order valence-corrected chi connectivity index (χ4v) is 1.43. The molecule has 1 aliphatic rings. The molecule has 0 fully saturated rings. The molecule has 0 saturated heterocycles. The van der Waals surface area contributed by atoms with Crippen LogP contribution in [-0.2, 0) is 0 Å². The zero-order valence-electron chi connectivity index (χ0n) is 8.38. The van der Waals surface area contributed by atoms with Crippen molar-refractivity contribution in [3.63, 3.8) is 0 Å². The summed E-state index contributed by atoms with van der Waals surface area (Å²) in [6, 6.07) is 7.93. The fraction of sp³-hybridized carbons (Fsp3) is 0.0909. The maximum absolute atomic E-state index is 12.0. The molecule has 81 valence electrons. The van der Waals surface area contributed by atoms with Gasteiger partial charge in [-0.3, -0.25) is 10.5 Å². The number of carbonyl (C=O) groups excluding carboxylic acids is 2. The first-order chi connectivity index (χ1) is 7.62. The standard InChI is InChI=1S/C11H10N3O2/c12-11(6-7-13-10(16)14-11)9(15)8-4-2-1-3-5-8/h1-7H,12H2,(H,14,16). The predicted octanol–water partition coefficient (Wildman–Crippen LogP) is 0.366. The molecule has 5 heteroatoms. The van der Waals surface area contributed by atoms with Crippen molar-refractivity contribution in [1.82, 2.24) is 10.6 Å². The Morgan fingerprint density at radius 1 is 1.31 bits per heavy atom. The molecule has 5 nitrogen and oxygen atoms in total. The van der Waals surface area contributed by atoms with Crippen LogP contribution in [0.5, 0.6) is 0 Å². The van der Waals surface area contributed by atoms with Crippen LogP contribution in [0.2, 0.25) is 0 Å².